The van der Waals surface area contributed by atoms with Crippen LogP contribution in [-0.4, -0.2) is 46.3 Å². The Morgan fingerprint density at radius 3 is 2.56 bits per heavy atom. The average Bonchev–Trinajstić information content (AvgIpc) is 3.12. The van der Waals surface area contributed by atoms with E-state index >= 15 is 0 Å². The minimum Gasteiger partial charge on any atom is -0.489 e. The van der Waals surface area contributed by atoms with Crippen LogP contribution in [0.1, 0.15) is 43.5 Å². The van der Waals surface area contributed by atoms with Gasteiger partial charge in [0, 0.05) is 29.5 Å². The number of hydrogen-bond donors (Lipinski definition) is 3. The summed E-state index contributed by atoms with van der Waals surface area (Å²) in [5.41, 5.74) is 8.10. The molecule has 1 fully saturated rings. The number of ether oxygens (including phenoxy) is 1. The number of fused-ring (bicyclic) bond motifs is 1. The second kappa shape index (κ2) is 9.97. The lowest BCUT2D eigenvalue weighted by atomic mass is 9.88. The summed E-state index contributed by atoms with van der Waals surface area (Å²) in [7, 11) is 1.69. The molecule has 3 aromatic rings. The molecule has 2 heterocycles. The van der Waals surface area contributed by atoms with E-state index in [4.69, 9.17) is 10.5 Å². The average molecular weight is 492 g/mol. The number of nitrogens with two attached hydrogens (primary N) is 1. The third-order valence-corrected chi connectivity index (χ3v) is 7.18. The minimum atomic E-state index is -1.13. The van der Waals surface area contributed by atoms with E-state index in [2.05, 4.69) is 10.3 Å². The van der Waals surface area contributed by atoms with Gasteiger partial charge in [0.1, 0.15) is 18.9 Å². The number of hydrogen-bond acceptors (Lipinski definition) is 6. The van der Waals surface area contributed by atoms with Gasteiger partial charge in [-0.05, 0) is 49.7 Å². The Balaban J connectivity index is 1.55. The van der Waals surface area contributed by atoms with E-state index in [9.17, 15) is 14.8 Å². The van der Waals surface area contributed by atoms with Crippen molar-refractivity contribution in [2.45, 2.75) is 51.8 Å². The Morgan fingerprint density at radius 1 is 1.22 bits per heavy atom. The summed E-state index contributed by atoms with van der Waals surface area (Å²) in [5, 5.41) is 15.5. The van der Waals surface area contributed by atoms with Gasteiger partial charge in [-0.1, -0.05) is 44.2 Å². The maximum absolute atomic E-state index is 13.7. The Hall–Kier alpha value is -3.33. The summed E-state index contributed by atoms with van der Waals surface area (Å²) in [5.74, 6) is -0.385. The van der Waals surface area contributed by atoms with Gasteiger partial charge in [0.15, 0.2) is 5.54 Å². The standard InChI is InChI=1S/C28H34N4O4/c1-18(2)15-25(26(29)33)32(35)14-13-28(30-4,27(32)34)21-9-11-22(12-10-21)36-17-20-16-19(3)31-24-8-6-5-7-23(20)24/h5-12,16,18,25,30,35H,13-15,17H2,1-4H3,(H-,29,33)/p+1/t25?,28?,32-/m1/s1. The number of likely N-dealkylation sites (tertiary alicyclic amines) is 1. The maximum Gasteiger partial charge on any atom is 0.371 e. The van der Waals surface area contributed by atoms with Crippen molar-refractivity contribution in [3.63, 3.8) is 0 Å². The molecule has 8 nitrogen and oxygen atoms in total. The molecule has 190 valence electrons. The number of amides is 2. The molecule has 8 heteroatoms. The number of aryl methyl sites for hydroxylation is 1. The topological polar surface area (TPSA) is 115 Å². The summed E-state index contributed by atoms with van der Waals surface area (Å²) in [4.78, 5) is 30.4. The summed E-state index contributed by atoms with van der Waals surface area (Å²) < 4.78 is 5.09. The first-order valence-corrected chi connectivity index (χ1v) is 12.3. The SMILES string of the molecule is CNC1(c2ccc(OCc3cc(C)nc4ccccc34)cc2)CC[N@@+](O)(C(CC(C)C)C(N)=O)C1=O. The molecule has 0 spiro atoms. The van der Waals surface area contributed by atoms with Crippen molar-refractivity contribution in [2.24, 2.45) is 11.7 Å². The van der Waals surface area contributed by atoms with E-state index in [0.29, 0.717) is 30.8 Å². The molecule has 0 aliphatic carbocycles. The second-order valence-electron chi connectivity index (χ2n) is 10.1. The Bertz CT molecular complexity index is 1280. The highest BCUT2D eigenvalue weighted by Crippen LogP contribution is 2.40. The number of carbonyl (C=O) groups is 2. The quantitative estimate of drug-likeness (QED) is 0.311. The van der Waals surface area contributed by atoms with Crippen LogP contribution in [0.5, 0.6) is 5.75 Å². The second-order valence-corrected chi connectivity index (χ2v) is 10.1. The summed E-state index contributed by atoms with van der Waals surface area (Å²) in [6.45, 7) is 6.31. The van der Waals surface area contributed by atoms with E-state index in [1.54, 1.807) is 7.05 Å². The van der Waals surface area contributed by atoms with Crippen molar-refractivity contribution in [2.75, 3.05) is 13.6 Å². The Morgan fingerprint density at radius 2 is 1.92 bits per heavy atom. The van der Waals surface area contributed by atoms with Crippen LogP contribution in [0.4, 0.5) is 0 Å². The number of nitrogens with zero attached hydrogens (tertiary/aromatic N) is 2. The number of quaternary nitrogens is 1. The summed E-state index contributed by atoms with van der Waals surface area (Å²) in [6, 6.07) is 16.3. The first kappa shape index (κ1) is 25.8. The normalized spacial score (nSPS) is 22.8. The number of pyridine rings is 1. The Kier molecular flexibility index (Phi) is 7.13. The third-order valence-electron chi connectivity index (χ3n) is 7.18. The predicted molar refractivity (Wildman–Crippen MR) is 137 cm³/mol. The molecule has 0 bridgehead atoms. The van der Waals surface area contributed by atoms with E-state index in [1.807, 2.05) is 75.4 Å². The van der Waals surface area contributed by atoms with Gasteiger partial charge >= 0.3 is 5.91 Å². The van der Waals surface area contributed by atoms with Gasteiger partial charge in [-0.25, -0.2) is 10.0 Å². The minimum absolute atomic E-state index is 0.0970. The first-order chi connectivity index (χ1) is 17.1. The number of nitrogens with one attached hydrogen (secondary N) is 1. The zero-order valence-corrected chi connectivity index (χ0v) is 21.3. The molecule has 1 aromatic heterocycles. The third kappa shape index (κ3) is 4.59. The van der Waals surface area contributed by atoms with Crippen LogP contribution in [0.3, 0.4) is 0 Å². The lowest BCUT2D eigenvalue weighted by molar-refractivity contribution is -1.05. The van der Waals surface area contributed by atoms with Crippen LogP contribution in [0.2, 0.25) is 0 Å². The Labute approximate surface area is 211 Å². The molecule has 1 aliphatic heterocycles. The lowest BCUT2D eigenvalue weighted by Crippen LogP contribution is -2.63. The van der Waals surface area contributed by atoms with Gasteiger partial charge in [0.2, 0.25) is 6.04 Å². The van der Waals surface area contributed by atoms with E-state index in [1.165, 1.54) is 0 Å². The van der Waals surface area contributed by atoms with E-state index in [-0.39, 0.29) is 12.5 Å². The fraction of sp³-hybridized carbons (Fsp3) is 0.393. The number of rotatable bonds is 9. The number of carbonyl (C=O) groups excluding carboxylic acids is 2. The van der Waals surface area contributed by atoms with Crippen molar-refractivity contribution >= 4 is 22.7 Å². The van der Waals surface area contributed by atoms with Crippen LogP contribution in [-0.2, 0) is 21.7 Å². The van der Waals surface area contributed by atoms with Crippen LogP contribution in [0.25, 0.3) is 10.9 Å². The molecule has 4 N–H and O–H groups in total. The molecular formula is C28H35N4O4+. The fourth-order valence-electron chi connectivity index (χ4n) is 5.28. The number of aromatic nitrogens is 1. The van der Waals surface area contributed by atoms with Crippen molar-refractivity contribution in [1.29, 1.82) is 0 Å². The monoisotopic (exact) mass is 491 g/mol. The molecule has 1 saturated heterocycles. The highest BCUT2D eigenvalue weighted by atomic mass is 16.6. The van der Waals surface area contributed by atoms with Gasteiger partial charge in [0.05, 0.1) is 5.52 Å². The van der Waals surface area contributed by atoms with E-state index < -0.39 is 28.0 Å². The van der Waals surface area contributed by atoms with Crippen LogP contribution in [0, 0.1) is 12.8 Å². The van der Waals surface area contributed by atoms with Gasteiger partial charge in [-0.2, -0.15) is 0 Å². The number of primary amides is 1. The molecule has 0 saturated carbocycles. The summed E-state index contributed by atoms with van der Waals surface area (Å²) in [6.07, 6.45) is 0.663. The van der Waals surface area contributed by atoms with Gasteiger partial charge in [-0.3, -0.25) is 15.1 Å². The number of hydroxylamine groups is 3. The van der Waals surface area contributed by atoms with Crippen LogP contribution < -0.4 is 15.8 Å². The first-order valence-electron chi connectivity index (χ1n) is 12.3. The van der Waals surface area contributed by atoms with Crippen molar-refractivity contribution in [3.05, 3.63) is 71.4 Å². The van der Waals surface area contributed by atoms with Gasteiger partial charge in [-0.15, -0.1) is 4.65 Å². The van der Waals surface area contributed by atoms with E-state index in [0.717, 1.165) is 22.2 Å². The number of benzene rings is 2. The van der Waals surface area contributed by atoms with Crippen molar-refractivity contribution in [3.8, 4) is 5.75 Å². The molecule has 3 atom stereocenters. The lowest BCUT2D eigenvalue weighted by Gasteiger charge is -2.33. The van der Waals surface area contributed by atoms with Gasteiger partial charge < -0.3 is 10.5 Å². The largest absolute Gasteiger partial charge is 0.489 e. The molecule has 2 amide bonds. The highest BCUT2D eigenvalue weighted by Gasteiger charge is 2.63. The number of likely N-dealkylation sites (N-methyl/N-ethyl adjacent to an activating group) is 1. The zero-order chi connectivity index (χ0) is 26.1. The number of para-hydroxylation sites is 1. The van der Waals surface area contributed by atoms with Crippen LogP contribution in [0.15, 0.2) is 54.6 Å². The smallest absolute Gasteiger partial charge is 0.371 e. The van der Waals surface area contributed by atoms with Crippen molar-refractivity contribution < 1.29 is 24.2 Å². The van der Waals surface area contributed by atoms with Crippen LogP contribution >= 0.6 is 0 Å². The molecule has 36 heavy (non-hydrogen) atoms. The molecular weight excluding hydrogens is 456 g/mol. The summed E-state index contributed by atoms with van der Waals surface area (Å²) >= 11 is 0. The zero-order valence-electron chi connectivity index (χ0n) is 21.3. The predicted octanol–water partition coefficient (Wildman–Crippen LogP) is 3.57. The van der Waals surface area contributed by atoms with Gasteiger partial charge in [0.25, 0.3) is 5.91 Å². The molecule has 2 aromatic carbocycles. The molecule has 1 aliphatic rings. The molecule has 4 rings (SSSR count). The highest BCUT2D eigenvalue weighted by molar-refractivity contribution is 5.87. The van der Waals surface area contributed by atoms with Crippen molar-refractivity contribution in [1.82, 2.24) is 10.3 Å². The fourth-order valence-corrected chi connectivity index (χ4v) is 5.28. The maximum atomic E-state index is 13.7. The molecule has 0 radical (unpaired) electrons. The molecule has 2 unspecified atom stereocenters.